The van der Waals surface area contributed by atoms with Crippen molar-refractivity contribution in [3.8, 4) is 0 Å². The van der Waals surface area contributed by atoms with Crippen LogP contribution in [-0.4, -0.2) is 32.9 Å². The third kappa shape index (κ3) is 4.72. The van der Waals surface area contributed by atoms with Crippen molar-refractivity contribution in [1.29, 1.82) is 0 Å². The molecule has 0 aliphatic carbocycles. The molecule has 30 heavy (non-hydrogen) atoms. The molecule has 6 nitrogen and oxygen atoms in total. The Morgan fingerprint density at radius 3 is 2.03 bits per heavy atom. The molecule has 0 spiro atoms. The molecule has 2 aromatic carbocycles. The molecule has 4 rings (SSSR count). The first kappa shape index (κ1) is 19.4. The van der Waals surface area contributed by atoms with Gasteiger partial charge in [0.2, 0.25) is 5.91 Å². The average Bonchev–Trinajstić information content (AvgIpc) is 3.23. The zero-order valence-corrected chi connectivity index (χ0v) is 16.4. The lowest BCUT2D eigenvalue weighted by molar-refractivity contribution is -0.131. The summed E-state index contributed by atoms with van der Waals surface area (Å²) in [6.07, 6.45) is 1.78. The Labute approximate surface area is 174 Å². The maximum atomic E-state index is 12.9. The van der Waals surface area contributed by atoms with Crippen LogP contribution in [0.25, 0.3) is 5.52 Å². The van der Waals surface area contributed by atoms with Crippen LogP contribution in [0, 0.1) is 0 Å². The quantitative estimate of drug-likeness (QED) is 0.519. The molecule has 0 unspecified atom stereocenters. The Morgan fingerprint density at radius 2 is 1.43 bits per heavy atom. The van der Waals surface area contributed by atoms with Crippen LogP contribution in [0.1, 0.15) is 21.6 Å². The van der Waals surface area contributed by atoms with Crippen LogP contribution in [0.5, 0.6) is 0 Å². The Balaban J connectivity index is 1.44. The average molecular weight is 398 g/mol. The van der Waals surface area contributed by atoms with E-state index in [1.54, 1.807) is 21.7 Å². The summed E-state index contributed by atoms with van der Waals surface area (Å²) in [5, 5.41) is 6.96. The monoisotopic (exact) mass is 398 g/mol. The molecular weight excluding hydrogens is 376 g/mol. The van der Waals surface area contributed by atoms with E-state index in [9.17, 15) is 9.59 Å². The van der Waals surface area contributed by atoms with Gasteiger partial charge < -0.3 is 10.2 Å². The van der Waals surface area contributed by atoms with Crippen molar-refractivity contribution in [2.75, 3.05) is 6.54 Å². The Morgan fingerprint density at radius 1 is 0.833 bits per heavy atom. The molecule has 0 saturated heterocycles. The number of pyridine rings is 1. The van der Waals surface area contributed by atoms with Crippen molar-refractivity contribution in [1.82, 2.24) is 19.8 Å². The molecule has 0 aliphatic heterocycles. The molecule has 0 fully saturated rings. The molecule has 0 bridgehead atoms. The summed E-state index contributed by atoms with van der Waals surface area (Å²) in [6.45, 7) is 0.851. The van der Waals surface area contributed by atoms with Gasteiger partial charge in [0.15, 0.2) is 5.69 Å². The minimum atomic E-state index is -0.369. The number of nitrogens with zero attached hydrogens (tertiary/aromatic N) is 3. The molecule has 6 heteroatoms. The Kier molecular flexibility index (Phi) is 5.85. The van der Waals surface area contributed by atoms with Crippen molar-refractivity contribution < 1.29 is 9.59 Å². The number of hydrogen-bond donors (Lipinski definition) is 1. The van der Waals surface area contributed by atoms with Gasteiger partial charge in [-0.05, 0) is 29.3 Å². The van der Waals surface area contributed by atoms with Gasteiger partial charge in [0.25, 0.3) is 5.91 Å². The van der Waals surface area contributed by atoms with Crippen molar-refractivity contribution >= 4 is 17.3 Å². The second-order valence-electron chi connectivity index (χ2n) is 7.00. The highest BCUT2D eigenvalue weighted by Crippen LogP contribution is 2.11. The normalized spacial score (nSPS) is 10.7. The summed E-state index contributed by atoms with van der Waals surface area (Å²) in [7, 11) is 0. The maximum absolute atomic E-state index is 12.9. The predicted octanol–water partition coefficient (Wildman–Crippen LogP) is 3.29. The molecule has 0 aliphatic rings. The van der Waals surface area contributed by atoms with Crippen LogP contribution < -0.4 is 5.32 Å². The molecule has 0 atom stereocenters. The molecule has 0 radical (unpaired) electrons. The minimum absolute atomic E-state index is 0.0909. The first-order chi connectivity index (χ1) is 14.7. The maximum Gasteiger partial charge on any atom is 0.272 e. The van der Waals surface area contributed by atoms with Gasteiger partial charge >= 0.3 is 0 Å². The Bertz CT molecular complexity index is 1070. The van der Waals surface area contributed by atoms with E-state index in [0.717, 1.165) is 16.6 Å². The topological polar surface area (TPSA) is 66.7 Å². The third-order valence-corrected chi connectivity index (χ3v) is 4.79. The fourth-order valence-electron chi connectivity index (χ4n) is 3.25. The van der Waals surface area contributed by atoms with E-state index < -0.39 is 0 Å². The second-order valence-corrected chi connectivity index (χ2v) is 7.00. The first-order valence-electron chi connectivity index (χ1n) is 9.77. The zero-order valence-electron chi connectivity index (χ0n) is 16.4. The molecule has 2 heterocycles. The van der Waals surface area contributed by atoms with E-state index >= 15 is 0 Å². The molecule has 1 N–H and O–H groups in total. The summed E-state index contributed by atoms with van der Waals surface area (Å²) in [5.74, 6) is -0.522. The van der Waals surface area contributed by atoms with Gasteiger partial charge in [-0.1, -0.05) is 66.7 Å². The number of carbonyl (C=O) groups excluding carboxylic acids is 2. The number of benzene rings is 2. The number of carbonyl (C=O) groups is 2. The number of fused-ring (bicyclic) bond motifs is 1. The van der Waals surface area contributed by atoms with Gasteiger partial charge in [0.05, 0.1) is 12.1 Å². The SMILES string of the molecule is O=C(NCC(=O)N(Cc1ccccc1)Cc1ccccc1)c1cc2ccccn2n1. The summed E-state index contributed by atoms with van der Waals surface area (Å²) in [4.78, 5) is 27.2. The van der Waals surface area contributed by atoms with Crippen molar-refractivity contribution in [2.24, 2.45) is 0 Å². The number of amides is 2. The molecule has 150 valence electrons. The number of nitrogens with one attached hydrogen (secondary N) is 1. The minimum Gasteiger partial charge on any atom is -0.342 e. The van der Waals surface area contributed by atoms with Crippen LogP contribution in [0.3, 0.4) is 0 Å². The van der Waals surface area contributed by atoms with E-state index in [1.807, 2.05) is 78.9 Å². The summed E-state index contributed by atoms with van der Waals surface area (Å²) >= 11 is 0. The molecule has 2 amide bonds. The second kappa shape index (κ2) is 9.05. The third-order valence-electron chi connectivity index (χ3n) is 4.79. The largest absolute Gasteiger partial charge is 0.342 e. The van der Waals surface area contributed by atoms with Crippen LogP contribution in [0.4, 0.5) is 0 Å². The van der Waals surface area contributed by atoms with Crippen LogP contribution in [-0.2, 0) is 17.9 Å². The number of rotatable bonds is 7. The van der Waals surface area contributed by atoms with Crippen LogP contribution >= 0.6 is 0 Å². The molecule has 4 aromatic rings. The summed E-state index contributed by atoms with van der Waals surface area (Å²) < 4.78 is 1.63. The van der Waals surface area contributed by atoms with E-state index in [-0.39, 0.29) is 24.1 Å². The number of hydrogen-bond acceptors (Lipinski definition) is 3. The predicted molar refractivity (Wildman–Crippen MR) is 115 cm³/mol. The summed E-state index contributed by atoms with van der Waals surface area (Å²) in [5.41, 5.74) is 3.18. The van der Waals surface area contributed by atoms with Crippen molar-refractivity contribution in [2.45, 2.75) is 13.1 Å². The molecule has 0 saturated carbocycles. The molecule has 2 aromatic heterocycles. The van der Waals surface area contributed by atoms with E-state index in [4.69, 9.17) is 0 Å². The lowest BCUT2D eigenvalue weighted by Gasteiger charge is -2.23. The number of aromatic nitrogens is 2. The van der Waals surface area contributed by atoms with Gasteiger partial charge in [-0.2, -0.15) is 5.10 Å². The zero-order chi connectivity index (χ0) is 20.8. The standard InChI is InChI=1S/C24H22N4O2/c29-23(16-25-24(30)22-15-21-13-7-8-14-28(21)26-22)27(17-19-9-3-1-4-10-19)18-20-11-5-2-6-12-20/h1-15H,16-18H2,(H,25,30). The van der Waals surface area contributed by atoms with Gasteiger partial charge in [0.1, 0.15) is 0 Å². The first-order valence-corrected chi connectivity index (χ1v) is 9.77. The summed E-state index contributed by atoms with van der Waals surface area (Å²) in [6, 6.07) is 26.9. The van der Waals surface area contributed by atoms with Gasteiger partial charge in [0, 0.05) is 19.3 Å². The molecular formula is C24H22N4O2. The highest BCUT2D eigenvalue weighted by Gasteiger charge is 2.17. The fourth-order valence-corrected chi connectivity index (χ4v) is 3.25. The van der Waals surface area contributed by atoms with Crippen molar-refractivity contribution in [3.63, 3.8) is 0 Å². The highest BCUT2D eigenvalue weighted by atomic mass is 16.2. The van der Waals surface area contributed by atoms with Gasteiger partial charge in [-0.25, -0.2) is 4.52 Å². The fraction of sp³-hybridized carbons (Fsp3) is 0.125. The van der Waals surface area contributed by atoms with Gasteiger partial charge in [-0.15, -0.1) is 0 Å². The lowest BCUT2D eigenvalue weighted by Crippen LogP contribution is -2.39. The van der Waals surface area contributed by atoms with Crippen molar-refractivity contribution in [3.05, 3.63) is 108 Å². The van der Waals surface area contributed by atoms with E-state index in [2.05, 4.69) is 10.4 Å². The van der Waals surface area contributed by atoms with Gasteiger partial charge in [-0.3, -0.25) is 9.59 Å². The van der Waals surface area contributed by atoms with Crippen LogP contribution in [0.15, 0.2) is 91.1 Å². The highest BCUT2D eigenvalue weighted by molar-refractivity contribution is 5.95. The smallest absolute Gasteiger partial charge is 0.272 e. The Hall–Kier alpha value is -3.93. The van der Waals surface area contributed by atoms with E-state index in [1.165, 1.54) is 0 Å². The van der Waals surface area contributed by atoms with Crippen LogP contribution in [0.2, 0.25) is 0 Å². The lowest BCUT2D eigenvalue weighted by atomic mass is 10.1. The van der Waals surface area contributed by atoms with E-state index in [0.29, 0.717) is 13.1 Å².